The van der Waals surface area contributed by atoms with Crippen LogP contribution >= 0.6 is 11.6 Å². The van der Waals surface area contributed by atoms with Crippen LogP contribution in [0, 0.1) is 0 Å². The van der Waals surface area contributed by atoms with Gasteiger partial charge in [-0.05, 0) is 37.0 Å². The molecule has 0 amide bonds. The maximum Gasteiger partial charge on any atom is 0.161 e. The molecular formula is C14H20ClNO2. The maximum absolute atomic E-state index is 6.03. The SMILES string of the molecule is COc1ccc(CNC2(CCl)CCC2)cc1OC. The van der Waals surface area contributed by atoms with E-state index in [0.29, 0.717) is 5.88 Å². The zero-order valence-electron chi connectivity index (χ0n) is 11.0. The van der Waals surface area contributed by atoms with Crippen LogP contribution in [0.3, 0.4) is 0 Å². The van der Waals surface area contributed by atoms with Gasteiger partial charge in [-0.1, -0.05) is 6.07 Å². The predicted octanol–water partition coefficient (Wildman–Crippen LogP) is 2.95. The van der Waals surface area contributed by atoms with Crippen LogP contribution in [0.1, 0.15) is 24.8 Å². The molecule has 18 heavy (non-hydrogen) atoms. The lowest BCUT2D eigenvalue weighted by Crippen LogP contribution is -2.52. The van der Waals surface area contributed by atoms with Crippen LogP contribution in [0.4, 0.5) is 0 Å². The van der Waals surface area contributed by atoms with Gasteiger partial charge in [-0.15, -0.1) is 11.6 Å². The van der Waals surface area contributed by atoms with Crippen molar-refractivity contribution in [3.05, 3.63) is 23.8 Å². The van der Waals surface area contributed by atoms with Crippen molar-refractivity contribution < 1.29 is 9.47 Å². The number of nitrogens with one attached hydrogen (secondary N) is 1. The molecule has 1 saturated carbocycles. The van der Waals surface area contributed by atoms with Crippen LogP contribution in [0.15, 0.2) is 18.2 Å². The number of hydrogen-bond acceptors (Lipinski definition) is 3. The normalized spacial score (nSPS) is 17.1. The number of ether oxygens (including phenoxy) is 2. The summed E-state index contributed by atoms with van der Waals surface area (Å²) in [6.07, 6.45) is 3.61. The third-order valence-electron chi connectivity index (χ3n) is 3.68. The first-order valence-corrected chi connectivity index (χ1v) is 6.78. The fourth-order valence-corrected chi connectivity index (χ4v) is 2.60. The zero-order valence-corrected chi connectivity index (χ0v) is 11.7. The van der Waals surface area contributed by atoms with Gasteiger partial charge in [0.25, 0.3) is 0 Å². The molecule has 1 aliphatic carbocycles. The van der Waals surface area contributed by atoms with E-state index in [4.69, 9.17) is 21.1 Å². The summed E-state index contributed by atoms with van der Waals surface area (Å²) in [5.41, 5.74) is 1.33. The first-order chi connectivity index (χ1) is 8.73. The van der Waals surface area contributed by atoms with E-state index < -0.39 is 0 Å². The van der Waals surface area contributed by atoms with Gasteiger partial charge in [0.15, 0.2) is 11.5 Å². The lowest BCUT2D eigenvalue weighted by molar-refractivity contribution is 0.211. The average Bonchev–Trinajstić information content (AvgIpc) is 2.37. The van der Waals surface area contributed by atoms with Crippen LogP contribution in [0.25, 0.3) is 0 Å². The lowest BCUT2D eigenvalue weighted by Gasteiger charge is -2.41. The molecule has 2 rings (SSSR count). The van der Waals surface area contributed by atoms with Crippen molar-refractivity contribution in [2.45, 2.75) is 31.3 Å². The molecule has 1 aromatic carbocycles. The standard InChI is InChI=1S/C14H20ClNO2/c1-17-12-5-4-11(8-13(12)18-2)9-16-14(10-15)6-3-7-14/h4-5,8,16H,3,6-7,9-10H2,1-2H3. The first kappa shape index (κ1) is 13.5. The van der Waals surface area contributed by atoms with Gasteiger partial charge >= 0.3 is 0 Å². The second-order valence-corrected chi connectivity index (χ2v) is 5.08. The molecule has 0 atom stereocenters. The number of halogens is 1. The molecule has 0 spiro atoms. The quantitative estimate of drug-likeness (QED) is 0.806. The Morgan fingerprint density at radius 1 is 1.22 bits per heavy atom. The third kappa shape index (κ3) is 2.73. The summed E-state index contributed by atoms with van der Waals surface area (Å²) >= 11 is 6.03. The highest BCUT2D eigenvalue weighted by Gasteiger charge is 2.35. The summed E-state index contributed by atoms with van der Waals surface area (Å²) in [6.45, 7) is 0.813. The van der Waals surface area contributed by atoms with Crippen LogP contribution in [-0.2, 0) is 6.54 Å². The Balaban J connectivity index is 2.01. The molecular weight excluding hydrogens is 250 g/mol. The minimum absolute atomic E-state index is 0.148. The van der Waals surface area contributed by atoms with Crippen molar-refractivity contribution >= 4 is 11.6 Å². The molecule has 0 saturated heterocycles. The van der Waals surface area contributed by atoms with E-state index in [1.165, 1.54) is 24.8 Å². The van der Waals surface area contributed by atoms with Gasteiger partial charge < -0.3 is 14.8 Å². The minimum Gasteiger partial charge on any atom is -0.493 e. The van der Waals surface area contributed by atoms with Crippen LogP contribution in [-0.4, -0.2) is 25.6 Å². The summed E-state index contributed by atoms with van der Waals surface area (Å²) in [6, 6.07) is 5.99. The zero-order chi connectivity index (χ0) is 13.0. The second-order valence-electron chi connectivity index (χ2n) is 4.81. The highest BCUT2D eigenvalue weighted by atomic mass is 35.5. The van der Waals surface area contributed by atoms with Gasteiger partial charge in [0.05, 0.1) is 14.2 Å². The Labute approximate surface area is 113 Å². The van der Waals surface area contributed by atoms with E-state index in [1.54, 1.807) is 14.2 Å². The molecule has 3 nitrogen and oxygen atoms in total. The molecule has 1 N–H and O–H groups in total. The minimum atomic E-state index is 0.148. The van der Waals surface area contributed by atoms with Gasteiger partial charge in [0.1, 0.15) is 0 Å². The largest absolute Gasteiger partial charge is 0.493 e. The fraction of sp³-hybridized carbons (Fsp3) is 0.571. The second kappa shape index (κ2) is 5.81. The van der Waals surface area contributed by atoms with Crippen molar-refractivity contribution in [1.82, 2.24) is 5.32 Å². The Bertz CT molecular complexity index is 399. The molecule has 0 bridgehead atoms. The highest BCUT2D eigenvalue weighted by Crippen LogP contribution is 2.33. The van der Waals surface area contributed by atoms with Gasteiger partial charge in [0, 0.05) is 18.0 Å². The Kier molecular flexibility index (Phi) is 4.36. The summed E-state index contributed by atoms with van der Waals surface area (Å²) in [5, 5.41) is 3.56. The number of rotatable bonds is 6. The molecule has 4 heteroatoms. The highest BCUT2D eigenvalue weighted by molar-refractivity contribution is 6.18. The predicted molar refractivity (Wildman–Crippen MR) is 73.7 cm³/mol. The third-order valence-corrected chi connectivity index (χ3v) is 4.19. The van der Waals surface area contributed by atoms with Crippen LogP contribution < -0.4 is 14.8 Å². The van der Waals surface area contributed by atoms with Gasteiger partial charge in [-0.25, -0.2) is 0 Å². The smallest absolute Gasteiger partial charge is 0.161 e. The van der Waals surface area contributed by atoms with Crippen molar-refractivity contribution in [1.29, 1.82) is 0 Å². The Hall–Kier alpha value is -0.930. The van der Waals surface area contributed by atoms with Gasteiger partial charge in [0.2, 0.25) is 0 Å². The van der Waals surface area contributed by atoms with E-state index in [9.17, 15) is 0 Å². The van der Waals surface area contributed by atoms with Crippen LogP contribution in [0.2, 0.25) is 0 Å². The monoisotopic (exact) mass is 269 g/mol. The van der Waals surface area contributed by atoms with Crippen LogP contribution in [0.5, 0.6) is 11.5 Å². The van der Waals surface area contributed by atoms with Crippen molar-refractivity contribution in [2.24, 2.45) is 0 Å². The number of hydrogen-bond donors (Lipinski definition) is 1. The van der Waals surface area contributed by atoms with Gasteiger partial charge in [-0.2, -0.15) is 0 Å². The first-order valence-electron chi connectivity index (χ1n) is 6.25. The molecule has 1 aromatic rings. The summed E-state index contributed by atoms with van der Waals surface area (Å²) in [7, 11) is 3.30. The topological polar surface area (TPSA) is 30.5 Å². The lowest BCUT2D eigenvalue weighted by atomic mass is 9.78. The van der Waals surface area contributed by atoms with Gasteiger partial charge in [-0.3, -0.25) is 0 Å². The molecule has 100 valence electrons. The molecule has 0 unspecified atom stereocenters. The van der Waals surface area contributed by atoms with Crippen molar-refractivity contribution in [2.75, 3.05) is 20.1 Å². The molecule has 0 aromatic heterocycles. The molecule has 1 aliphatic rings. The average molecular weight is 270 g/mol. The van der Waals surface area contributed by atoms with Crippen molar-refractivity contribution in [3.8, 4) is 11.5 Å². The fourth-order valence-electron chi connectivity index (χ4n) is 2.24. The molecule has 1 fully saturated rings. The van der Waals surface area contributed by atoms with E-state index in [-0.39, 0.29) is 5.54 Å². The van der Waals surface area contributed by atoms with E-state index >= 15 is 0 Å². The number of methoxy groups -OCH3 is 2. The molecule has 0 radical (unpaired) electrons. The van der Waals surface area contributed by atoms with E-state index in [1.807, 2.05) is 12.1 Å². The summed E-state index contributed by atoms with van der Waals surface area (Å²) < 4.78 is 10.5. The Morgan fingerprint density at radius 2 is 1.94 bits per heavy atom. The Morgan fingerprint density at radius 3 is 2.44 bits per heavy atom. The van der Waals surface area contributed by atoms with E-state index in [0.717, 1.165) is 18.0 Å². The van der Waals surface area contributed by atoms with E-state index in [2.05, 4.69) is 11.4 Å². The molecule has 0 heterocycles. The molecule has 0 aliphatic heterocycles. The summed E-state index contributed by atoms with van der Waals surface area (Å²) in [5.74, 6) is 2.21. The number of alkyl halides is 1. The number of benzene rings is 1. The maximum atomic E-state index is 6.03. The van der Waals surface area contributed by atoms with Crippen molar-refractivity contribution in [3.63, 3.8) is 0 Å². The summed E-state index contributed by atoms with van der Waals surface area (Å²) in [4.78, 5) is 0.